The van der Waals surface area contributed by atoms with Crippen molar-refractivity contribution < 1.29 is 14.1 Å². The number of amides is 1. The quantitative estimate of drug-likeness (QED) is 0.333. The summed E-state index contributed by atoms with van der Waals surface area (Å²) in [5, 5.41) is 8.18. The molecule has 2 aromatic heterocycles. The summed E-state index contributed by atoms with van der Waals surface area (Å²) in [5.41, 5.74) is 1.79. The molecule has 1 amide bonds. The fraction of sp³-hybridized carbons (Fsp3) is 0.370. The Morgan fingerprint density at radius 2 is 1.97 bits per heavy atom. The van der Waals surface area contributed by atoms with E-state index in [1.54, 1.807) is 13.4 Å². The Morgan fingerprint density at radius 3 is 2.83 bits per heavy atom. The molecule has 5 rings (SSSR count). The van der Waals surface area contributed by atoms with Crippen molar-refractivity contribution >= 4 is 22.6 Å². The van der Waals surface area contributed by atoms with Crippen LogP contribution in [0.1, 0.15) is 38.0 Å². The lowest BCUT2D eigenvalue weighted by Gasteiger charge is -2.25. The molecule has 4 aromatic rings. The molecular formula is C27H30N6O3. The van der Waals surface area contributed by atoms with Gasteiger partial charge in [0.1, 0.15) is 23.9 Å². The number of benzene rings is 2. The monoisotopic (exact) mass is 486 g/mol. The minimum atomic E-state index is -0.196. The Bertz CT molecular complexity index is 1300. The standard InChI is InChI=1S/C27H30N6O3/c1-35-20-14-12-19(13-15-20)25-31-24(36-32-25)11-3-2-6-16-28-27(34)23-10-7-17-33(23)26-21-8-4-5-9-22(21)29-18-30-26/h4-5,8-9,12-15,18,23H,2-3,6-7,10-11,16-17H2,1H3,(H,28,34). The van der Waals surface area contributed by atoms with E-state index in [4.69, 9.17) is 9.26 Å². The first-order valence-electron chi connectivity index (χ1n) is 12.4. The minimum absolute atomic E-state index is 0.0660. The number of nitrogens with one attached hydrogen (secondary N) is 1. The molecule has 186 valence electrons. The summed E-state index contributed by atoms with van der Waals surface area (Å²) < 4.78 is 10.6. The van der Waals surface area contributed by atoms with Gasteiger partial charge in [-0.1, -0.05) is 23.7 Å². The fourth-order valence-electron chi connectivity index (χ4n) is 4.63. The van der Waals surface area contributed by atoms with Gasteiger partial charge < -0.3 is 19.5 Å². The van der Waals surface area contributed by atoms with Crippen LogP contribution in [0.15, 0.2) is 59.4 Å². The van der Waals surface area contributed by atoms with E-state index in [1.807, 2.05) is 48.5 Å². The summed E-state index contributed by atoms with van der Waals surface area (Å²) in [6, 6.07) is 15.3. The first-order chi connectivity index (χ1) is 17.7. The second kappa shape index (κ2) is 11.2. The SMILES string of the molecule is COc1ccc(-c2noc(CCCCCNC(=O)C3CCCN3c3ncnc4ccccc34)n2)cc1. The number of aryl methyl sites for hydroxylation is 1. The molecule has 0 bridgehead atoms. The number of anilines is 1. The van der Waals surface area contributed by atoms with Crippen LogP contribution in [0.25, 0.3) is 22.3 Å². The Morgan fingerprint density at radius 1 is 1.11 bits per heavy atom. The van der Waals surface area contributed by atoms with Crippen molar-refractivity contribution in [2.75, 3.05) is 25.1 Å². The van der Waals surface area contributed by atoms with E-state index in [0.717, 1.165) is 66.7 Å². The molecule has 1 aliphatic heterocycles. The first kappa shape index (κ1) is 23.7. The van der Waals surface area contributed by atoms with Crippen molar-refractivity contribution in [3.8, 4) is 17.1 Å². The second-order valence-electron chi connectivity index (χ2n) is 8.91. The molecule has 9 nitrogen and oxygen atoms in total. The van der Waals surface area contributed by atoms with Crippen LogP contribution in [-0.2, 0) is 11.2 Å². The third-order valence-corrected chi connectivity index (χ3v) is 6.53. The molecular weight excluding hydrogens is 456 g/mol. The van der Waals surface area contributed by atoms with Gasteiger partial charge in [-0.15, -0.1) is 0 Å². The van der Waals surface area contributed by atoms with Gasteiger partial charge in [-0.3, -0.25) is 4.79 Å². The van der Waals surface area contributed by atoms with E-state index in [9.17, 15) is 4.79 Å². The topological polar surface area (TPSA) is 106 Å². The molecule has 0 spiro atoms. The summed E-state index contributed by atoms with van der Waals surface area (Å²) in [6.07, 6.45) is 6.88. The molecule has 1 atom stereocenters. The Kier molecular flexibility index (Phi) is 7.35. The molecule has 0 aliphatic carbocycles. The third-order valence-electron chi connectivity index (χ3n) is 6.53. The lowest BCUT2D eigenvalue weighted by molar-refractivity contribution is -0.122. The van der Waals surface area contributed by atoms with Crippen molar-refractivity contribution in [1.29, 1.82) is 0 Å². The highest BCUT2D eigenvalue weighted by Crippen LogP contribution is 2.29. The largest absolute Gasteiger partial charge is 0.497 e. The van der Waals surface area contributed by atoms with Gasteiger partial charge in [0.05, 0.1) is 12.6 Å². The molecule has 9 heteroatoms. The summed E-state index contributed by atoms with van der Waals surface area (Å²) >= 11 is 0. The third kappa shape index (κ3) is 5.30. The Hall–Kier alpha value is -4.01. The number of fused-ring (bicyclic) bond motifs is 1. The number of methoxy groups -OCH3 is 1. The molecule has 1 N–H and O–H groups in total. The number of carbonyl (C=O) groups is 1. The number of hydrogen-bond donors (Lipinski definition) is 1. The molecule has 2 aromatic carbocycles. The summed E-state index contributed by atoms with van der Waals surface area (Å²) in [7, 11) is 1.64. The molecule has 1 aliphatic rings. The maximum atomic E-state index is 13.0. The fourth-order valence-corrected chi connectivity index (χ4v) is 4.63. The molecule has 36 heavy (non-hydrogen) atoms. The van der Waals surface area contributed by atoms with Gasteiger partial charge in [-0.2, -0.15) is 4.98 Å². The van der Waals surface area contributed by atoms with Gasteiger partial charge in [0.15, 0.2) is 0 Å². The molecule has 1 fully saturated rings. The number of aromatic nitrogens is 4. The van der Waals surface area contributed by atoms with Crippen LogP contribution < -0.4 is 15.0 Å². The highest BCUT2D eigenvalue weighted by molar-refractivity contribution is 5.93. The van der Waals surface area contributed by atoms with Crippen LogP contribution in [0.3, 0.4) is 0 Å². The van der Waals surface area contributed by atoms with Crippen molar-refractivity contribution in [3.63, 3.8) is 0 Å². The molecule has 3 heterocycles. The van der Waals surface area contributed by atoms with Gasteiger partial charge in [-0.05, 0) is 62.1 Å². The number of para-hydroxylation sites is 1. The average molecular weight is 487 g/mol. The predicted molar refractivity (Wildman–Crippen MR) is 137 cm³/mol. The van der Waals surface area contributed by atoms with E-state index in [-0.39, 0.29) is 11.9 Å². The van der Waals surface area contributed by atoms with E-state index < -0.39 is 0 Å². The molecule has 0 saturated carbocycles. The predicted octanol–water partition coefficient (Wildman–Crippen LogP) is 4.19. The molecule has 1 unspecified atom stereocenters. The van der Waals surface area contributed by atoms with Crippen LogP contribution in [0.5, 0.6) is 5.75 Å². The molecule has 0 radical (unpaired) electrons. The second-order valence-corrected chi connectivity index (χ2v) is 8.91. The van der Waals surface area contributed by atoms with Crippen LogP contribution in [-0.4, -0.2) is 52.3 Å². The highest BCUT2D eigenvalue weighted by atomic mass is 16.5. The number of ether oxygens (including phenoxy) is 1. The zero-order chi connectivity index (χ0) is 24.7. The number of carbonyl (C=O) groups excluding carboxylic acids is 1. The maximum absolute atomic E-state index is 13.0. The van der Waals surface area contributed by atoms with Gasteiger partial charge in [0.25, 0.3) is 0 Å². The van der Waals surface area contributed by atoms with Gasteiger partial charge in [-0.25, -0.2) is 9.97 Å². The van der Waals surface area contributed by atoms with Crippen LogP contribution in [0.4, 0.5) is 5.82 Å². The van der Waals surface area contributed by atoms with Crippen LogP contribution >= 0.6 is 0 Å². The van der Waals surface area contributed by atoms with E-state index in [2.05, 4.69) is 30.3 Å². The first-order valence-corrected chi connectivity index (χ1v) is 12.4. The Labute approximate surface area is 209 Å². The van der Waals surface area contributed by atoms with E-state index in [1.165, 1.54) is 0 Å². The number of nitrogens with zero attached hydrogens (tertiary/aromatic N) is 5. The lowest BCUT2D eigenvalue weighted by Crippen LogP contribution is -2.44. The number of unbranched alkanes of at least 4 members (excludes halogenated alkanes) is 2. The van der Waals surface area contributed by atoms with Crippen LogP contribution in [0, 0.1) is 0 Å². The smallest absolute Gasteiger partial charge is 0.242 e. The zero-order valence-electron chi connectivity index (χ0n) is 20.4. The maximum Gasteiger partial charge on any atom is 0.242 e. The molecule has 1 saturated heterocycles. The highest BCUT2D eigenvalue weighted by Gasteiger charge is 2.32. The average Bonchev–Trinajstić information content (AvgIpc) is 3.60. The van der Waals surface area contributed by atoms with Gasteiger partial charge in [0.2, 0.25) is 17.6 Å². The van der Waals surface area contributed by atoms with Crippen LogP contribution in [0.2, 0.25) is 0 Å². The Balaban J connectivity index is 1.06. The minimum Gasteiger partial charge on any atom is -0.497 e. The zero-order valence-corrected chi connectivity index (χ0v) is 20.4. The van der Waals surface area contributed by atoms with Crippen molar-refractivity contribution in [2.45, 2.75) is 44.6 Å². The number of rotatable bonds is 10. The lowest BCUT2D eigenvalue weighted by atomic mass is 10.1. The van der Waals surface area contributed by atoms with Gasteiger partial charge >= 0.3 is 0 Å². The number of hydrogen-bond acceptors (Lipinski definition) is 8. The van der Waals surface area contributed by atoms with Crippen molar-refractivity contribution in [3.05, 3.63) is 60.7 Å². The van der Waals surface area contributed by atoms with Crippen molar-refractivity contribution in [1.82, 2.24) is 25.4 Å². The van der Waals surface area contributed by atoms with Gasteiger partial charge in [0, 0.05) is 30.5 Å². The summed E-state index contributed by atoms with van der Waals surface area (Å²) in [6.45, 7) is 1.47. The normalized spacial score (nSPS) is 15.4. The summed E-state index contributed by atoms with van der Waals surface area (Å²) in [5.74, 6) is 2.90. The van der Waals surface area contributed by atoms with E-state index >= 15 is 0 Å². The summed E-state index contributed by atoms with van der Waals surface area (Å²) in [4.78, 5) is 28.4. The van der Waals surface area contributed by atoms with E-state index in [0.29, 0.717) is 24.7 Å². The van der Waals surface area contributed by atoms with Crippen molar-refractivity contribution in [2.24, 2.45) is 0 Å².